The summed E-state index contributed by atoms with van der Waals surface area (Å²) >= 11 is 0. The van der Waals surface area contributed by atoms with Crippen LogP contribution < -0.4 is 5.73 Å². The summed E-state index contributed by atoms with van der Waals surface area (Å²) in [6.45, 7) is 5.65. The summed E-state index contributed by atoms with van der Waals surface area (Å²) in [7, 11) is 0. The molecule has 2 N–H and O–H groups in total. The predicted molar refractivity (Wildman–Crippen MR) is 37.9 cm³/mol. The number of hydrogen-bond acceptors (Lipinski definition) is 1. The van der Waals surface area contributed by atoms with Gasteiger partial charge in [0.15, 0.2) is 0 Å². The molecule has 0 unspecified atom stereocenters. The molecule has 0 aliphatic carbocycles. The normalized spacial score (nSPS) is 9.00. The molecule has 0 aliphatic rings. The van der Waals surface area contributed by atoms with Crippen LogP contribution in [0.25, 0.3) is 0 Å². The van der Waals surface area contributed by atoms with E-state index in [1.54, 1.807) is 0 Å². The van der Waals surface area contributed by atoms with E-state index in [2.05, 4.69) is 6.58 Å². The molecule has 2 nitrogen and oxygen atoms in total. The lowest BCUT2D eigenvalue weighted by molar-refractivity contribution is -0.118. The van der Waals surface area contributed by atoms with Gasteiger partial charge < -0.3 is 5.73 Å². The average Bonchev–Trinajstić information content (AvgIpc) is 1.63. The zero-order valence-electron chi connectivity index (χ0n) is 5.81. The molecule has 52 valence electrons. The number of allylic oxidation sites excluding steroid dienone is 1. The van der Waals surface area contributed by atoms with E-state index < -0.39 is 0 Å². The first-order valence-electron chi connectivity index (χ1n) is 3.05. The number of hydrogen-bond donors (Lipinski definition) is 1. The first kappa shape index (κ1) is 8.21. The number of carbonyl (C=O) groups excluding carboxylic acids is 1. The lowest BCUT2D eigenvalue weighted by Gasteiger charge is -1.94. The largest absolute Gasteiger partial charge is 0.370 e. The Bertz CT molecular complexity index is 104. The van der Waals surface area contributed by atoms with E-state index in [-0.39, 0.29) is 5.91 Å². The lowest BCUT2D eigenvalue weighted by Crippen LogP contribution is -2.09. The van der Waals surface area contributed by atoms with Crippen LogP contribution >= 0.6 is 0 Å². The van der Waals surface area contributed by atoms with Crippen molar-refractivity contribution in [1.82, 2.24) is 0 Å². The molecule has 0 spiro atoms. The van der Waals surface area contributed by atoms with Crippen molar-refractivity contribution in [3.63, 3.8) is 0 Å². The zero-order chi connectivity index (χ0) is 7.28. The van der Waals surface area contributed by atoms with Gasteiger partial charge in [-0.1, -0.05) is 5.57 Å². The van der Waals surface area contributed by atoms with Crippen LogP contribution in [0.5, 0.6) is 0 Å². The fourth-order valence-corrected chi connectivity index (χ4v) is 0.564. The van der Waals surface area contributed by atoms with Gasteiger partial charge in [-0.05, 0) is 19.8 Å². The Labute approximate surface area is 55.7 Å². The molecule has 0 aromatic heterocycles. The van der Waals surface area contributed by atoms with Gasteiger partial charge in [0.25, 0.3) is 0 Å². The van der Waals surface area contributed by atoms with Gasteiger partial charge in [0.1, 0.15) is 0 Å². The van der Waals surface area contributed by atoms with E-state index in [4.69, 9.17) is 5.73 Å². The van der Waals surface area contributed by atoms with E-state index in [9.17, 15) is 4.79 Å². The molecule has 0 aliphatic heterocycles. The van der Waals surface area contributed by atoms with Gasteiger partial charge in [-0.3, -0.25) is 4.79 Å². The summed E-state index contributed by atoms with van der Waals surface area (Å²) < 4.78 is 0. The van der Waals surface area contributed by atoms with E-state index in [1.165, 1.54) is 0 Å². The Kier molecular flexibility index (Phi) is 3.76. The first-order valence-corrected chi connectivity index (χ1v) is 3.05. The molecular formula is C7H13NO. The van der Waals surface area contributed by atoms with Crippen LogP contribution in [0.4, 0.5) is 0 Å². The van der Waals surface area contributed by atoms with Gasteiger partial charge >= 0.3 is 0 Å². The van der Waals surface area contributed by atoms with Gasteiger partial charge in [0.2, 0.25) is 5.91 Å². The molecule has 0 atom stereocenters. The maximum Gasteiger partial charge on any atom is 0.217 e. The third kappa shape index (κ3) is 7.21. The molecule has 2 heteroatoms. The Balaban J connectivity index is 3.10. The second-order valence-electron chi connectivity index (χ2n) is 2.28. The molecule has 0 aromatic rings. The first-order chi connectivity index (χ1) is 4.13. The lowest BCUT2D eigenvalue weighted by atomic mass is 10.1. The van der Waals surface area contributed by atoms with Gasteiger partial charge in [0.05, 0.1) is 0 Å². The van der Waals surface area contributed by atoms with E-state index in [1.807, 2.05) is 6.92 Å². The second kappa shape index (κ2) is 4.13. The van der Waals surface area contributed by atoms with Crippen LogP contribution in [0.2, 0.25) is 0 Å². The Morgan fingerprint density at radius 2 is 2.11 bits per heavy atom. The minimum Gasteiger partial charge on any atom is -0.370 e. The standard InChI is InChI=1S/C7H13NO/c1-6(2)4-3-5-7(8)9/h1,3-5H2,2H3,(H2,8,9). The molecule has 0 fully saturated rings. The number of amides is 1. The van der Waals surface area contributed by atoms with Crippen molar-refractivity contribution in [2.24, 2.45) is 5.73 Å². The monoisotopic (exact) mass is 127 g/mol. The topological polar surface area (TPSA) is 43.1 Å². The number of primary amides is 1. The number of nitrogens with two attached hydrogens (primary N) is 1. The van der Waals surface area contributed by atoms with E-state index in [0.29, 0.717) is 6.42 Å². The van der Waals surface area contributed by atoms with Crippen LogP contribution in [0.3, 0.4) is 0 Å². The fraction of sp³-hybridized carbons (Fsp3) is 0.571. The highest BCUT2D eigenvalue weighted by molar-refractivity contribution is 5.73. The Morgan fingerprint density at radius 3 is 2.44 bits per heavy atom. The Hall–Kier alpha value is -0.790. The van der Waals surface area contributed by atoms with Crippen molar-refractivity contribution in [3.05, 3.63) is 12.2 Å². The van der Waals surface area contributed by atoms with Crippen LogP contribution in [0.1, 0.15) is 26.2 Å². The van der Waals surface area contributed by atoms with E-state index in [0.717, 1.165) is 18.4 Å². The van der Waals surface area contributed by atoms with Crippen LogP contribution in [0.15, 0.2) is 12.2 Å². The zero-order valence-corrected chi connectivity index (χ0v) is 5.81. The van der Waals surface area contributed by atoms with Crippen LogP contribution in [0, 0.1) is 0 Å². The molecule has 0 aromatic carbocycles. The van der Waals surface area contributed by atoms with Crippen molar-refractivity contribution in [3.8, 4) is 0 Å². The van der Waals surface area contributed by atoms with Crippen molar-refractivity contribution in [2.45, 2.75) is 26.2 Å². The SMILES string of the molecule is C=C(C)CCCC(N)=O. The molecule has 9 heavy (non-hydrogen) atoms. The molecule has 0 heterocycles. The quantitative estimate of drug-likeness (QED) is 0.567. The summed E-state index contributed by atoms with van der Waals surface area (Å²) in [5.41, 5.74) is 6.02. The van der Waals surface area contributed by atoms with Crippen LogP contribution in [-0.4, -0.2) is 5.91 Å². The average molecular weight is 127 g/mol. The van der Waals surface area contributed by atoms with E-state index >= 15 is 0 Å². The third-order valence-corrected chi connectivity index (χ3v) is 1.03. The number of carbonyl (C=O) groups is 1. The van der Waals surface area contributed by atoms with Crippen molar-refractivity contribution < 1.29 is 4.79 Å². The van der Waals surface area contributed by atoms with Gasteiger partial charge in [-0.15, -0.1) is 6.58 Å². The van der Waals surface area contributed by atoms with Gasteiger partial charge in [-0.2, -0.15) is 0 Å². The Morgan fingerprint density at radius 1 is 1.56 bits per heavy atom. The van der Waals surface area contributed by atoms with Gasteiger partial charge in [-0.25, -0.2) is 0 Å². The predicted octanol–water partition coefficient (Wildman–Crippen LogP) is 1.22. The highest BCUT2D eigenvalue weighted by Crippen LogP contribution is 2.02. The minimum absolute atomic E-state index is 0.226. The maximum absolute atomic E-state index is 10.2. The molecule has 1 amide bonds. The smallest absolute Gasteiger partial charge is 0.217 e. The van der Waals surface area contributed by atoms with Crippen LogP contribution in [-0.2, 0) is 4.79 Å². The van der Waals surface area contributed by atoms with Crippen molar-refractivity contribution in [1.29, 1.82) is 0 Å². The molecular weight excluding hydrogens is 114 g/mol. The summed E-state index contributed by atoms with van der Waals surface area (Å²) in [6.07, 6.45) is 2.22. The highest BCUT2D eigenvalue weighted by Gasteiger charge is 1.92. The summed E-state index contributed by atoms with van der Waals surface area (Å²) in [4.78, 5) is 10.2. The minimum atomic E-state index is -0.226. The third-order valence-electron chi connectivity index (χ3n) is 1.03. The molecule has 0 radical (unpaired) electrons. The van der Waals surface area contributed by atoms with Gasteiger partial charge in [0, 0.05) is 6.42 Å². The molecule has 0 rings (SSSR count). The molecule has 0 bridgehead atoms. The summed E-state index contributed by atoms with van der Waals surface area (Å²) in [6, 6.07) is 0. The maximum atomic E-state index is 10.2. The summed E-state index contributed by atoms with van der Waals surface area (Å²) in [5.74, 6) is -0.226. The highest BCUT2D eigenvalue weighted by atomic mass is 16.1. The summed E-state index contributed by atoms with van der Waals surface area (Å²) in [5, 5.41) is 0. The molecule has 0 saturated heterocycles. The second-order valence-corrected chi connectivity index (χ2v) is 2.28. The van der Waals surface area contributed by atoms with Crippen molar-refractivity contribution >= 4 is 5.91 Å². The van der Waals surface area contributed by atoms with Crippen molar-refractivity contribution in [2.75, 3.05) is 0 Å². The molecule has 0 saturated carbocycles. The fourth-order valence-electron chi connectivity index (χ4n) is 0.564. The number of rotatable bonds is 4.